The zero-order chi connectivity index (χ0) is 15.7. The van der Waals surface area contributed by atoms with Gasteiger partial charge in [0.15, 0.2) is 5.82 Å². The average molecular weight is 321 g/mol. The monoisotopic (exact) mass is 321 g/mol. The lowest BCUT2D eigenvalue weighted by Crippen LogP contribution is -2.23. The van der Waals surface area contributed by atoms with Gasteiger partial charge >= 0.3 is 0 Å². The van der Waals surface area contributed by atoms with Gasteiger partial charge in [-0.3, -0.25) is 4.90 Å². The van der Waals surface area contributed by atoms with Crippen LogP contribution in [0.4, 0.5) is 0 Å². The lowest BCUT2D eigenvalue weighted by molar-refractivity contribution is 0.201. The third-order valence-electron chi connectivity index (χ3n) is 4.10. The molecule has 0 unspecified atom stereocenters. The minimum atomic E-state index is 0.224. The summed E-state index contributed by atoms with van der Waals surface area (Å²) in [7, 11) is 0. The van der Waals surface area contributed by atoms with E-state index in [0.717, 1.165) is 43.3 Å². The van der Waals surface area contributed by atoms with Crippen molar-refractivity contribution >= 4 is 11.5 Å². The summed E-state index contributed by atoms with van der Waals surface area (Å²) in [6, 6.07) is 0.224. The molecule has 0 aliphatic carbocycles. The Balaban J connectivity index is 1.76. The van der Waals surface area contributed by atoms with Gasteiger partial charge in [-0.2, -0.15) is 4.98 Å². The highest BCUT2D eigenvalue weighted by Crippen LogP contribution is 2.34. The number of aromatic nitrogens is 4. The highest BCUT2D eigenvalue weighted by atomic mass is 32.1. The Labute approximate surface area is 135 Å². The van der Waals surface area contributed by atoms with Crippen LogP contribution in [0.3, 0.4) is 0 Å². The Morgan fingerprint density at radius 2 is 2.09 bits per heavy atom. The summed E-state index contributed by atoms with van der Waals surface area (Å²) in [5, 5.41) is 8.38. The summed E-state index contributed by atoms with van der Waals surface area (Å²) in [5.41, 5.74) is 1.11. The van der Waals surface area contributed by atoms with Crippen molar-refractivity contribution < 1.29 is 4.52 Å². The van der Waals surface area contributed by atoms with Crippen LogP contribution in [0.1, 0.15) is 80.7 Å². The summed E-state index contributed by atoms with van der Waals surface area (Å²) < 4.78 is 9.63. The van der Waals surface area contributed by atoms with E-state index >= 15 is 0 Å². The van der Waals surface area contributed by atoms with Gasteiger partial charge in [0, 0.05) is 12.5 Å². The molecule has 0 aromatic carbocycles. The highest BCUT2D eigenvalue weighted by molar-refractivity contribution is 7.05. The van der Waals surface area contributed by atoms with Crippen molar-refractivity contribution in [2.45, 2.75) is 65.0 Å². The first-order valence-corrected chi connectivity index (χ1v) is 8.72. The molecule has 0 N–H and O–H groups in total. The zero-order valence-electron chi connectivity index (χ0n) is 13.6. The molecule has 0 bridgehead atoms. The maximum absolute atomic E-state index is 5.51. The molecule has 7 heteroatoms. The van der Waals surface area contributed by atoms with Crippen LogP contribution in [0.5, 0.6) is 0 Å². The fraction of sp³-hybridized carbons (Fsp3) is 0.733. The van der Waals surface area contributed by atoms with Crippen molar-refractivity contribution in [1.82, 2.24) is 24.6 Å². The molecule has 0 spiro atoms. The molecule has 3 heterocycles. The van der Waals surface area contributed by atoms with E-state index in [4.69, 9.17) is 4.52 Å². The molecule has 0 radical (unpaired) electrons. The number of rotatable bonds is 5. The molecule has 1 atom stereocenters. The second-order valence-electron chi connectivity index (χ2n) is 6.51. The summed E-state index contributed by atoms with van der Waals surface area (Å²) in [4.78, 5) is 8.25. The summed E-state index contributed by atoms with van der Waals surface area (Å²) >= 11 is 1.50. The third kappa shape index (κ3) is 3.05. The Morgan fingerprint density at radius 3 is 2.77 bits per heavy atom. The van der Waals surface area contributed by atoms with Crippen molar-refractivity contribution in [1.29, 1.82) is 0 Å². The summed E-state index contributed by atoms with van der Waals surface area (Å²) in [6.45, 7) is 10.4. The van der Waals surface area contributed by atoms with Crippen LogP contribution in [0.15, 0.2) is 4.52 Å². The predicted octanol–water partition coefficient (Wildman–Crippen LogP) is 3.51. The quantitative estimate of drug-likeness (QED) is 0.839. The molecule has 3 rings (SSSR count). The molecule has 0 amide bonds. The molecule has 1 saturated heterocycles. The summed E-state index contributed by atoms with van der Waals surface area (Å²) in [6.07, 6.45) is 2.23. The van der Waals surface area contributed by atoms with Crippen molar-refractivity contribution in [2.75, 3.05) is 6.54 Å². The van der Waals surface area contributed by atoms with E-state index in [9.17, 15) is 0 Å². The topological polar surface area (TPSA) is 67.9 Å². The van der Waals surface area contributed by atoms with Crippen LogP contribution in [0.25, 0.3) is 0 Å². The SMILES string of the molecule is CC(C)c1noc([C@@H]2CCCN2Cc2snnc2C(C)C)n1. The molecule has 1 aliphatic rings. The van der Waals surface area contributed by atoms with E-state index < -0.39 is 0 Å². The van der Waals surface area contributed by atoms with E-state index in [2.05, 4.69) is 52.3 Å². The van der Waals surface area contributed by atoms with Crippen molar-refractivity contribution in [3.05, 3.63) is 22.3 Å². The largest absolute Gasteiger partial charge is 0.338 e. The molecule has 120 valence electrons. The van der Waals surface area contributed by atoms with Gasteiger partial charge in [0.1, 0.15) is 0 Å². The van der Waals surface area contributed by atoms with Gasteiger partial charge in [0.05, 0.1) is 16.6 Å². The second kappa shape index (κ2) is 6.42. The number of hydrogen-bond acceptors (Lipinski definition) is 7. The van der Waals surface area contributed by atoms with Gasteiger partial charge in [0.25, 0.3) is 0 Å². The van der Waals surface area contributed by atoms with Gasteiger partial charge in [-0.25, -0.2) is 0 Å². The first-order valence-electron chi connectivity index (χ1n) is 7.95. The van der Waals surface area contributed by atoms with E-state index in [1.807, 2.05) is 0 Å². The first-order chi connectivity index (χ1) is 10.6. The van der Waals surface area contributed by atoms with Crippen LogP contribution in [-0.2, 0) is 6.54 Å². The fourth-order valence-corrected chi connectivity index (χ4v) is 3.68. The lowest BCUT2D eigenvalue weighted by atomic mass is 10.1. The lowest BCUT2D eigenvalue weighted by Gasteiger charge is -2.21. The molecule has 2 aromatic rings. The Bertz CT molecular complexity index is 621. The standard InChI is InChI=1S/C15H23N5OS/c1-9(2)13-12(22-19-17-13)8-20-7-5-6-11(20)15-16-14(10(3)4)18-21-15/h9-11H,5-8H2,1-4H3/t11-/m0/s1. The molecular weight excluding hydrogens is 298 g/mol. The minimum Gasteiger partial charge on any atom is -0.338 e. The average Bonchev–Trinajstić information content (AvgIpc) is 3.17. The Kier molecular flexibility index (Phi) is 4.54. The normalized spacial score (nSPS) is 19.6. The molecule has 22 heavy (non-hydrogen) atoms. The highest BCUT2D eigenvalue weighted by Gasteiger charge is 2.32. The molecule has 1 aliphatic heterocycles. The van der Waals surface area contributed by atoms with Crippen LogP contribution < -0.4 is 0 Å². The fourth-order valence-electron chi connectivity index (χ4n) is 2.86. The van der Waals surface area contributed by atoms with Crippen LogP contribution in [-0.4, -0.2) is 31.2 Å². The molecule has 2 aromatic heterocycles. The van der Waals surface area contributed by atoms with Gasteiger partial charge in [-0.1, -0.05) is 37.3 Å². The molecule has 0 saturated carbocycles. The maximum atomic E-state index is 5.51. The second-order valence-corrected chi connectivity index (χ2v) is 7.35. The molecular formula is C15H23N5OS. The maximum Gasteiger partial charge on any atom is 0.244 e. The van der Waals surface area contributed by atoms with E-state index in [1.54, 1.807) is 0 Å². The first kappa shape index (κ1) is 15.6. The van der Waals surface area contributed by atoms with Crippen LogP contribution in [0.2, 0.25) is 0 Å². The zero-order valence-corrected chi connectivity index (χ0v) is 14.4. The Morgan fingerprint density at radius 1 is 1.27 bits per heavy atom. The minimum absolute atomic E-state index is 0.224. The van der Waals surface area contributed by atoms with Gasteiger partial charge < -0.3 is 4.52 Å². The molecule has 6 nitrogen and oxygen atoms in total. The van der Waals surface area contributed by atoms with E-state index in [-0.39, 0.29) is 6.04 Å². The van der Waals surface area contributed by atoms with Crippen LogP contribution in [0, 0.1) is 0 Å². The third-order valence-corrected chi connectivity index (χ3v) is 4.82. The smallest absolute Gasteiger partial charge is 0.244 e. The van der Waals surface area contributed by atoms with Gasteiger partial charge in [0.2, 0.25) is 5.89 Å². The van der Waals surface area contributed by atoms with Gasteiger partial charge in [-0.05, 0) is 36.8 Å². The molecule has 1 fully saturated rings. The summed E-state index contributed by atoms with van der Waals surface area (Å²) in [5.74, 6) is 2.25. The number of nitrogens with zero attached hydrogens (tertiary/aromatic N) is 5. The van der Waals surface area contributed by atoms with E-state index in [0.29, 0.717) is 11.8 Å². The number of hydrogen-bond donors (Lipinski definition) is 0. The van der Waals surface area contributed by atoms with Crippen molar-refractivity contribution in [2.24, 2.45) is 0 Å². The van der Waals surface area contributed by atoms with Gasteiger partial charge in [-0.15, -0.1) is 5.10 Å². The van der Waals surface area contributed by atoms with Crippen molar-refractivity contribution in [3.63, 3.8) is 0 Å². The Hall–Kier alpha value is -1.34. The van der Waals surface area contributed by atoms with Crippen molar-refractivity contribution in [3.8, 4) is 0 Å². The van der Waals surface area contributed by atoms with Crippen LogP contribution >= 0.6 is 11.5 Å². The number of likely N-dealkylation sites (tertiary alicyclic amines) is 1. The predicted molar refractivity (Wildman–Crippen MR) is 84.8 cm³/mol. The van der Waals surface area contributed by atoms with E-state index in [1.165, 1.54) is 16.4 Å².